The Bertz CT molecular complexity index is 171. The molecule has 1 fully saturated rings. The van der Waals surface area contributed by atoms with E-state index < -0.39 is 0 Å². The zero-order valence-electron chi connectivity index (χ0n) is 11.2. The van der Waals surface area contributed by atoms with Crippen LogP contribution in [0.1, 0.15) is 40.0 Å². The molecule has 0 aliphatic heterocycles. The first-order valence-electron chi connectivity index (χ1n) is 6.86. The molecule has 0 radical (unpaired) electrons. The van der Waals surface area contributed by atoms with Crippen molar-refractivity contribution >= 4 is 0 Å². The lowest BCUT2D eigenvalue weighted by Gasteiger charge is -2.30. The van der Waals surface area contributed by atoms with Crippen molar-refractivity contribution in [3.05, 3.63) is 0 Å². The topological polar surface area (TPSA) is 24.5 Å². The molecule has 0 amide bonds. The summed E-state index contributed by atoms with van der Waals surface area (Å²) in [6.07, 6.45) is 3.97. The Morgan fingerprint density at radius 2 is 2.06 bits per heavy atom. The van der Waals surface area contributed by atoms with Crippen LogP contribution in [0.2, 0.25) is 0 Å². The number of hydrogen-bond acceptors (Lipinski definition) is 3. The van der Waals surface area contributed by atoms with Gasteiger partial charge in [-0.05, 0) is 32.7 Å². The molecule has 0 aromatic rings. The standard InChI is InChI=1S/C13H28N2O/c1-4-13(11-14-12-7-8-12)15(5-2)9-10-16-6-3/h12-14H,4-11H2,1-3H3. The van der Waals surface area contributed by atoms with Gasteiger partial charge in [0.15, 0.2) is 0 Å². The van der Waals surface area contributed by atoms with E-state index in [1.807, 2.05) is 0 Å². The van der Waals surface area contributed by atoms with E-state index >= 15 is 0 Å². The molecule has 1 aliphatic rings. The lowest BCUT2D eigenvalue weighted by Crippen LogP contribution is -2.44. The van der Waals surface area contributed by atoms with Gasteiger partial charge in [-0.3, -0.25) is 4.90 Å². The number of ether oxygens (including phenoxy) is 1. The molecule has 0 saturated heterocycles. The fourth-order valence-corrected chi connectivity index (χ4v) is 2.05. The van der Waals surface area contributed by atoms with Crippen LogP contribution in [0.5, 0.6) is 0 Å². The highest BCUT2D eigenvalue weighted by molar-refractivity contribution is 4.83. The predicted octanol–water partition coefficient (Wildman–Crippen LogP) is 1.88. The highest BCUT2D eigenvalue weighted by Gasteiger charge is 2.23. The minimum Gasteiger partial charge on any atom is -0.380 e. The van der Waals surface area contributed by atoms with Gasteiger partial charge in [-0.1, -0.05) is 13.8 Å². The van der Waals surface area contributed by atoms with E-state index in [2.05, 4.69) is 31.0 Å². The smallest absolute Gasteiger partial charge is 0.0593 e. The molecule has 3 heteroatoms. The highest BCUT2D eigenvalue weighted by atomic mass is 16.5. The van der Waals surface area contributed by atoms with Gasteiger partial charge in [0.1, 0.15) is 0 Å². The van der Waals surface area contributed by atoms with E-state index in [0.717, 1.165) is 38.9 Å². The largest absolute Gasteiger partial charge is 0.380 e. The summed E-state index contributed by atoms with van der Waals surface area (Å²) in [7, 11) is 0. The van der Waals surface area contributed by atoms with Crippen LogP contribution in [0.25, 0.3) is 0 Å². The summed E-state index contributed by atoms with van der Waals surface area (Å²) in [5, 5.41) is 3.63. The van der Waals surface area contributed by atoms with Crippen molar-refractivity contribution in [2.24, 2.45) is 0 Å². The average Bonchev–Trinajstić information content (AvgIpc) is 3.11. The Labute approximate surface area is 101 Å². The molecule has 1 aliphatic carbocycles. The second-order valence-electron chi connectivity index (χ2n) is 4.57. The summed E-state index contributed by atoms with van der Waals surface area (Å²) >= 11 is 0. The summed E-state index contributed by atoms with van der Waals surface area (Å²) in [5.74, 6) is 0. The van der Waals surface area contributed by atoms with Crippen LogP contribution in [0, 0.1) is 0 Å². The van der Waals surface area contributed by atoms with Crippen molar-refractivity contribution in [2.45, 2.75) is 52.1 Å². The van der Waals surface area contributed by atoms with Gasteiger partial charge in [0.2, 0.25) is 0 Å². The van der Waals surface area contributed by atoms with Gasteiger partial charge in [-0.2, -0.15) is 0 Å². The van der Waals surface area contributed by atoms with Crippen LogP contribution in [-0.4, -0.2) is 49.8 Å². The van der Waals surface area contributed by atoms with Crippen molar-refractivity contribution in [3.8, 4) is 0 Å². The Hall–Kier alpha value is -0.120. The molecule has 1 unspecified atom stereocenters. The third kappa shape index (κ3) is 5.28. The molecule has 96 valence electrons. The van der Waals surface area contributed by atoms with E-state index in [4.69, 9.17) is 4.74 Å². The Morgan fingerprint density at radius 3 is 2.56 bits per heavy atom. The van der Waals surface area contributed by atoms with Gasteiger partial charge in [-0.15, -0.1) is 0 Å². The molecule has 0 bridgehead atoms. The second-order valence-corrected chi connectivity index (χ2v) is 4.57. The molecule has 1 rings (SSSR count). The summed E-state index contributed by atoms with van der Waals surface area (Å²) in [4.78, 5) is 2.53. The SMILES string of the molecule is CCOCCN(CC)C(CC)CNC1CC1. The van der Waals surface area contributed by atoms with Crippen LogP contribution in [0.4, 0.5) is 0 Å². The first-order chi connectivity index (χ1) is 7.81. The third-order valence-electron chi connectivity index (χ3n) is 3.34. The molecule has 0 spiro atoms. The van der Waals surface area contributed by atoms with Gasteiger partial charge in [0, 0.05) is 31.8 Å². The molecule has 0 aromatic carbocycles. The third-order valence-corrected chi connectivity index (χ3v) is 3.34. The average molecular weight is 228 g/mol. The van der Waals surface area contributed by atoms with Crippen LogP contribution >= 0.6 is 0 Å². The molecular weight excluding hydrogens is 200 g/mol. The predicted molar refractivity (Wildman–Crippen MR) is 68.8 cm³/mol. The fraction of sp³-hybridized carbons (Fsp3) is 1.00. The number of hydrogen-bond donors (Lipinski definition) is 1. The molecule has 1 N–H and O–H groups in total. The Kier molecular flexibility index (Phi) is 7.01. The maximum absolute atomic E-state index is 5.44. The van der Waals surface area contributed by atoms with Crippen LogP contribution in [0.3, 0.4) is 0 Å². The van der Waals surface area contributed by atoms with Gasteiger partial charge in [-0.25, -0.2) is 0 Å². The molecule has 1 saturated carbocycles. The van der Waals surface area contributed by atoms with Crippen LogP contribution < -0.4 is 5.32 Å². The first-order valence-corrected chi connectivity index (χ1v) is 6.86. The number of nitrogens with zero attached hydrogens (tertiary/aromatic N) is 1. The van der Waals surface area contributed by atoms with Crippen molar-refractivity contribution < 1.29 is 4.74 Å². The Balaban J connectivity index is 2.21. The van der Waals surface area contributed by atoms with Gasteiger partial charge in [0.25, 0.3) is 0 Å². The molecule has 0 aromatic heterocycles. The fourth-order valence-electron chi connectivity index (χ4n) is 2.05. The normalized spacial score (nSPS) is 18.0. The number of likely N-dealkylation sites (N-methyl/N-ethyl adjacent to an activating group) is 1. The quantitative estimate of drug-likeness (QED) is 0.578. The van der Waals surface area contributed by atoms with Gasteiger partial charge < -0.3 is 10.1 Å². The van der Waals surface area contributed by atoms with Crippen molar-refractivity contribution in [1.82, 2.24) is 10.2 Å². The van der Waals surface area contributed by atoms with E-state index in [0.29, 0.717) is 6.04 Å². The van der Waals surface area contributed by atoms with E-state index in [1.54, 1.807) is 0 Å². The summed E-state index contributed by atoms with van der Waals surface area (Å²) < 4.78 is 5.44. The zero-order chi connectivity index (χ0) is 11.8. The lowest BCUT2D eigenvalue weighted by atomic mass is 10.2. The summed E-state index contributed by atoms with van der Waals surface area (Å²) in [6, 6.07) is 1.49. The van der Waals surface area contributed by atoms with E-state index in [-0.39, 0.29) is 0 Å². The van der Waals surface area contributed by atoms with E-state index in [9.17, 15) is 0 Å². The van der Waals surface area contributed by atoms with Crippen molar-refractivity contribution in [1.29, 1.82) is 0 Å². The number of rotatable bonds is 10. The maximum atomic E-state index is 5.44. The van der Waals surface area contributed by atoms with Crippen molar-refractivity contribution in [2.75, 3.05) is 32.8 Å². The number of nitrogens with one attached hydrogen (secondary N) is 1. The summed E-state index contributed by atoms with van der Waals surface area (Å²) in [5.41, 5.74) is 0. The van der Waals surface area contributed by atoms with Crippen molar-refractivity contribution in [3.63, 3.8) is 0 Å². The minimum atomic E-state index is 0.672. The molecule has 1 atom stereocenters. The van der Waals surface area contributed by atoms with E-state index in [1.165, 1.54) is 19.3 Å². The van der Waals surface area contributed by atoms with Gasteiger partial charge in [0.05, 0.1) is 6.61 Å². The Morgan fingerprint density at radius 1 is 1.31 bits per heavy atom. The lowest BCUT2D eigenvalue weighted by molar-refractivity contribution is 0.0948. The first kappa shape index (κ1) is 13.9. The van der Waals surface area contributed by atoms with Gasteiger partial charge >= 0.3 is 0 Å². The second kappa shape index (κ2) is 8.04. The zero-order valence-corrected chi connectivity index (χ0v) is 11.2. The molecular formula is C13H28N2O. The highest BCUT2D eigenvalue weighted by Crippen LogP contribution is 2.19. The molecule has 16 heavy (non-hydrogen) atoms. The molecule has 0 heterocycles. The molecule has 3 nitrogen and oxygen atoms in total. The van der Waals surface area contributed by atoms with Crippen LogP contribution in [0.15, 0.2) is 0 Å². The maximum Gasteiger partial charge on any atom is 0.0593 e. The summed E-state index contributed by atoms with van der Waals surface area (Å²) in [6.45, 7) is 11.6. The minimum absolute atomic E-state index is 0.672. The van der Waals surface area contributed by atoms with Crippen LogP contribution in [-0.2, 0) is 4.74 Å². The monoisotopic (exact) mass is 228 g/mol.